The summed E-state index contributed by atoms with van der Waals surface area (Å²) in [5.74, 6) is -0.184. The van der Waals surface area contributed by atoms with Crippen molar-refractivity contribution in [2.24, 2.45) is 5.92 Å². The molecule has 0 aromatic heterocycles. The molecule has 6 heteroatoms. The van der Waals surface area contributed by atoms with Gasteiger partial charge in [0, 0.05) is 19.1 Å². The first-order chi connectivity index (χ1) is 13.6. The van der Waals surface area contributed by atoms with Gasteiger partial charge in [-0.05, 0) is 68.2 Å². The molecule has 1 saturated carbocycles. The number of nitrogens with zero attached hydrogens (tertiary/aromatic N) is 1. The highest BCUT2D eigenvalue weighted by atomic mass is 32.2. The van der Waals surface area contributed by atoms with Crippen molar-refractivity contribution < 1.29 is 13.2 Å². The Balaban J connectivity index is 1.68. The lowest BCUT2D eigenvalue weighted by Crippen LogP contribution is -2.51. The molecule has 0 unspecified atom stereocenters. The summed E-state index contributed by atoms with van der Waals surface area (Å²) in [6.45, 7) is 1.23. The van der Waals surface area contributed by atoms with Gasteiger partial charge in [-0.2, -0.15) is 4.31 Å². The van der Waals surface area contributed by atoms with Crippen LogP contribution in [-0.2, 0) is 27.7 Å². The van der Waals surface area contributed by atoms with Crippen molar-refractivity contribution in [1.29, 1.82) is 0 Å². The maximum atomic E-state index is 13.7. The molecule has 2 aliphatic carbocycles. The Labute approximate surface area is 168 Å². The second-order valence-corrected chi connectivity index (χ2v) is 10.5. The molecule has 0 spiro atoms. The van der Waals surface area contributed by atoms with Crippen LogP contribution in [0.3, 0.4) is 0 Å². The molecule has 1 aromatic rings. The molecule has 0 bridgehead atoms. The Morgan fingerprint density at radius 2 is 1.68 bits per heavy atom. The fourth-order valence-corrected chi connectivity index (χ4v) is 6.94. The van der Waals surface area contributed by atoms with Crippen LogP contribution in [-0.4, -0.2) is 37.8 Å². The first-order valence-electron chi connectivity index (χ1n) is 11.0. The van der Waals surface area contributed by atoms with Gasteiger partial charge in [-0.15, -0.1) is 0 Å². The van der Waals surface area contributed by atoms with Crippen molar-refractivity contribution in [2.75, 3.05) is 13.1 Å². The number of hydrogen-bond acceptors (Lipinski definition) is 3. The van der Waals surface area contributed by atoms with Crippen molar-refractivity contribution in [1.82, 2.24) is 9.62 Å². The molecule has 0 radical (unpaired) electrons. The van der Waals surface area contributed by atoms with Gasteiger partial charge in [-0.25, -0.2) is 8.42 Å². The molecule has 2 fully saturated rings. The van der Waals surface area contributed by atoms with Gasteiger partial charge in [0.25, 0.3) is 0 Å². The lowest BCUT2D eigenvalue weighted by atomic mass is 9.83. The summed E-state index contributed by atoms with van der Waals surface area (Å²) in [6, 6.07) is 5.44. The number of hydrogen-bond donors (Lipinski definition) is 1. The smallest absolute Gasteiger partial charge is 0.243 e. The summed E-state index contributed by atoms with van der Waals surface area (Å²) < 4.78 is 29.1. The third-order valence-electron chi connectivity index (χ3n) is 6.72. The van der Waals surface area contributed by atoms with Crippen LogP contribution in [0.15, 0.2) is 23.1 Å². The van der Waals surface area contributed by atoms with E-state index in [0.717, 1.165) is 70.6 Å². The van der Waals surface area contributed by atoms with Gasteiger partial charge < -0.3 is 5.32 Å². The number of fused-ring (bicyclic) bond motifs is 2. The van der Waals surface area contributed by atoms with Crippen LogP contribution in [0.5, 0.6) is 0 Å². The number of rotatable bonds is 2. The summed E-state index contributed by atoms with van der Waals surface area (Å²) in [4.78, 5) is 13.2. The Hall–Kier alpha value is -1.40. The maximum Gasteiger partial charge on any atom is 0.243 e. The summed E-state index contributed by atoms with van der Waals surface area (Å²) in [5.41, 5.74) is 2.46. The molecule has 1 amide bonds. The van der Waals surface area contributed by atoms with Crippen LogP contribution >= 0.6 is 0 Å². The quantitative estimate of drug-likeness (QED) is 0.821. The van der Waals surface area contributed by atoms with Gasteiger partial charge >= 0.3 is 0 Å². The Morgan fingerprint density at radius 3 is 2.57 bits per heavy atom. The Bertz CT molecular complexity index is 821. The third kappa shape index (κ3) is 3.99. The topological polar surface area (TPSA) is 66.5 Å². The van der Waals surface area contributed by atoms with Crippen molar-refractivity contribution in [2.45, 2.75) is 81.6 Å². The SMILES string of the molecule is O=C1NCCCCCCN(S(=O)(=O)c2ccc3c(c2)CCC3)[C@H]2CCCC[C@@H]12. The third-order valence-corrected chi connectivity index (χ3v) is 8.64. The average molecular weight is 405 g/mol. The lowest BCUT2D eigenvalue weighted by molar-refractivity contribution is -0.127. The Kier molecular flexibility index (Phi) is 6.07. The number of carbonyl (C=O) groups excluding carboxylic acids is 1. The zero-order valence-corrected chi connectivity index (χ0v) is 17.5. The molecule has 2 atom stereocenters. The minimum atomic E-state index is -3.60. The molecule has 1 N–H and O–H groups in total. The highest BCUT2D eigenvalue weighted by molar-refractivity contribution is 7.89. The van der Waals surface area contributed by atoms with Crippen LogP contribution in [0.4, 0.5) is 0 Å². The molecule has 4 rings (SSSR count). The first-order valence-corrected chi connectivity index (χ1v) is 12.4. The molecule has 1 aromatic carbocycles. The van der Waals surface area contributed by atoms with E-state index < -0.39 is 10.0 Å². The normalized spacial score (nSPS) is 27.4. The van der Waals surface area contributed by atoms with Gasteiger partial charge in [-0.1, -0.05) is 31.7 Å². The fraction of sp³-hybridized carbons (Fsp3) is 0.682. The van der Waals surface area contributed by atoms with Crippen LogP contribution in [0, 0.1) is 5.92 Å². The molecule has 28 heavy (non-hydrogen) atoms. The summed E-state index contributed by atoms with van der Waals surface area (Å²) >= 11 is 0. The number of sulfonamides is 1. The lowest BCUT2D eigenvalue weighted by Gasteiger charge is -2.38. The monoisotopic (exact) mass is 404 g/mol. The molecule has 5 nitrogen and oxygen atoms in total. The van der Waals surface area contributed by atoms with Gasteiger partial charge in [0.2, 0.25) is 15.9 Å². The van der Waals surface area contributed by atoms with Crippen molar-refractivity contribution >= 4 is 15.9 Å². The zero-order chi connectivity index (χ0) is 19.6. The molecule has 1 aliphatic heterocycles. The predicted octanol–water partition coefficient (Wildman–Crippen LogP) is 3.42. The van der Waals surface area contributed by atoms with E-state index in [1.165, 1.54) is 11.1 Å². The van der Waals surface area contributed by atoms with Gasteiger partial charge in [0.15, 0.2) is 0 Å². The molecular formula is C22H32N2O3S. The van der Waals surface area contributed by atoms with Crippen molar-refractivity contribution in [3.8, 4) is 0 Å². The number of benzene rings is 1. The van der Waals surface area contributed by atoms with E-state index in [4.69, 9.17) is 0 Å². The Morgan fingerprint density at radius 1 is 0.893 bits per heavy atom. The maximum absolute atomic E-state index is 13.7. The van der Waals surface area contributed by atoms with E-state index >= 15 is 0 Å². The highest BCUT2D eigenvalue weighted by Crippen LogP contribution is 2.34. The molecular weight excluding hydrogens is 372 g/mol. The molecule has 1 saturated heterocycles. The number of aryl methyl sites for hydroxylation is 2. The summed E-state index contributed by atoms with van der Waals surface area (Å²) in [6.07, 6.45) is 10.5. The largest absolute Gasteiger partial charge is 0.356 e. The minimum absolute atomic E-state index is 0.0424. The van der Waals surface area contributed by atoms with Crippen LogP contribution in [0.25, 0.3) is 0 Å². The number of carbonyl (C=O) groups is 1. The standard InChI is InChI=1S/C22H32N2O3S/c25-22-20-10-3-4-11-21(20)24(15-6-2-1-5-14-23-22)28(26,27)19-13-12-17-8-7-9-18(17)16-19/h12-13,16,20-21H,1-11,14-15H2,(H,23,25)/t20-,21+/m1/s1. The molecule has 154 valence electrons. The van der Waals surface area contributed by atoms with Crippen LogP contribution in [0.1, 0.15) is 68.9 Å². The predicted molar refractivity (Wildman–Crippen MR) is 110 cm³/mol. The van der Waals surface area contributed by atoms with E-state index in [-0.39, 0.29) is 17.9 Å². The minimum Gasteiger partial charge on any atom is -0.356 e. The zero-order valence-electron chi connectivity index (χ0n) is 16.7. The van der Waals surface area contributed by atoms with E-state index in [2.05, 4.69) is 5.32 Å². The second-order valence-electron chi connectivity index (χ2n) is 8.56. The van der Waals surface area contributed by atoms with Crippen molar-refractivity contribution in [3.05, 3.63) is 29.3 Å². The molecule has 3 aliphatic rings. The average Bonchev–Trinajstić information content (AvgIpc) is 3.16. The van der Waals surface area contributed by atoms with Crippen LogP contribution < -0.4 is 5.32 Å². The van der Waals surface area contributed by atoms with E-state index in [1.54, 1.807) is 10.4 Å². The van der Waals surface area contributed by atoms with E-state index in [9.17, 15) is 13.2 Å². The summed E-state index contributed by atoms with van der Waals surface area (Å²) in [7, 11) is -3.60. The van der Waals surface area contributed by atoms with E-state index in [0.29, 0.717) is 18.0 Å². The van der Waals surface area contributed by atoms with Crippen LogP contribution in [0.2, 0.25) is 0 Å². The fourth-order valence-electron chi connectivity index (χ4n) is 5.16. The second kappa shape index (κ2) is 8.54. The highest BCUT2D eigenvalue weighted by Gasteiger charge is 2.40. The van der Waals surface area contributed by atoms with Gasteiger partial charge in [0.05, 0.1) is 10.8 Å². The van der Waals surface area contributed by atoms with Gasteiger partial charge in [-0.3, -0.25) is 4.79 Å². The number of nitrogens with one attached hydrogen (secondary N) is 1. The summed E-state index contributed by atoms with van der Waals surface area (Å²) in [5, 5.41) is 3.06. The van der Waals surface area contributed by atoms with Crippen molar-refractivity contribution in [3.63, 3.8) is 0 Å². The van der Waals surface area contributed by atoms with Gasteiger partial charge in [0.1, 0.15) is 0 Å². The number of amides is 1. The van der Waals surface area contributed by atoms with E-state index in [1.807, 2.05) is 12.1 Å². The molecule has 1 heterocycles. The first kappa shape index (κ1) is 19.9.